The second kappa shape index (κ2) is 5.99. The van der Waals surface area contributed by atoms with E-state index in [4.69, 9.17) is 4.74 Å². The lowest BCUT2D eigenvalue weighted by atomic mass is 10.3. The van der Waals surface area contributed by atoms with E-state index in [2.05, 4.69) is 36.1 Å². The van der Waals surface area contributed by atoms with Gasteiger partial charge in [0.25, 0.3) is 0 Å². The number of nitrogens with zero attached hydrogens (tertiary/aromatic N) is 2. The maximum Gasteiger partial charge on any atom is 0.185 e. The molecule has 1 atom stereocenters. The Balaban J connectivity index is 1.97. The quantitative estimate of drug-likeness (QED) is 0.823. The molecule has 1 aliphatic rings. The predicted molar refractivity (Wildman–Crippen MR) is 76.5 cm³/mol. The number of likely N-dealkylation sites (N-methyl/N-ethyl adjacent to an activating group) is 1. The Hall–Kier alpha value is -0.650. The van der Waals surface area contributed by atoms with Crippen molar-refractivity contribution in [1.29, 1.82) is 0 Å². The molecular weight excluding hydrogens is 246 g/mol. The minimum absolute atomic E-state index is 0.352. The van der Waals surface area contributed by atoms with E-state index >= 15 is 0 Å². The van der Waals surface area contributed by atoms with Crippen molar-refractivity contribution in [2.45, 2.75) is 45.3 Å². The van der Waals surface area contributed by atoms with Crippen LogP contribution in [-0.4, -0.2) is 37.8 Å². The van der Waals surface area contributed by atoms with Gasteiger partial charge < -0.3 is 15.0 Å². The van der Waals surface area contributed by atoms with Crippen molar-refractivity contribution in [2.24, 2.45) is 0 Å². The third-order valence-corrected chi connectivity index (χ3v) is 4.63. The Morgan fingerprint density at radius 2 is 2.28 bits per heavy atom. The van der Waals surface area contributed by atoms with Gasteiger partial charge >= 0.3 is 0 Å². The Labute approximate surface area is 113 Å². The normalized spacial score (nSPS) is 16.9. The standard InChI is InChI=1S/C13H23N3OS/c1-9(8-17-4)16(3)13-15-10(2)12(18-13)7-14-11-5-6-11/h9,11,14H,5-8H2,1-4H3. The minimum atomic E-state index is 0.352. The van der Waals surface area contributed by atoms with Crippen LogP contribution in [0.4, 0.5) is 5.13 Å². The van der Waals surface area contributed by atoms with Crippen molar-refractivity contribution in [3.8, 4) is 0 Å². The van der Waals surface area contributed by atoms with E-state index in [0.717, 1.165) is 30.0 Å². The zero-order valence-electron chi connectivity index (χ0n) is 11.7. The van der Waals surface area contributed by atoms with Crippen molar-refractivity contribution < 1.29 is 4.74 Å². The lowest BCUT2D eigenvalue weighted by Crippen LogP contribution is -2.32. The van der Waals surface area contributed by atoms with Crippen molar-refractivity contribution >= 4 is 16.5 Å². The zero-order valence-corrected chi connectivity index (χ0v) is 12.5. The van der Waals surface area contributed by atoms with Gasteiger partial charge in [0.2, 0.25) is 0 Å². The number of aryl methyl sites for hydroxylation is 1. The van der Waals surface area contributed by atoms with Crippen molar-refractivity contribution in [3.05, 3.63) is 10.6 Å². The number of methoxy groups -OCH3 is 1. The summed E-state index contributed by atoms with van der Waals surface area (Å²) in [5.41, 5.74) is 1.15. The number of ether oxygens (including phenoxy) is 1. The molecule has 1 N–H and O–H groups in total. The van der Waals surface area contributed by atoms with Crippen molar-refractivity contribution in [3.63, 3.8) is 0 Å². The molecule has 4 nitrogen and oxygen atoms in total. The SMILES string of the molecule is COCC(C)N(C)c1nc(C)c(CNC2CC2)s1. The van der Waals surface area contributed by atoms with Crippen LogP contribution in [0.1, 0.15) is 30.3 Å². The van der Waals surface area contributed by atoms with E-state index < -0.39 is 0 Å². The maximum absolute atomic E-state index is 5.19. The van der Waals surface area contributed by atoms with Crippen LogP contribution in [0.3, 0.4) is 0 Å². The van der Waals surface area contributed by atoms with Crippen LogP contribution in [0, 0.1) is 6.92 Å². The molecule has 1 aromatic rings. The van der Waals surface area contributed by atoms with Gasteiger partial charge in [0.15, 0.2) is 5.13 Å². The van der Waals surface area contributed by atoms with E-state index in [1.165, 1.54) is 17.7 Å². The molecule has 0 aromatic carbocycles. The number of hydrogen-bond acceptors (Lipinski definition) is 5. The summed E-state index contributed by atoms with van der Waals surface area (Å²) in [6, 6.07) is 1.10. The van der Waals surface area contributed by atoms with Gasteiger partial charge in [0.05, 0.1) is 18.3 Å². The summed E-state index contributed by atoms with van der Waals surface area (Å²) in [7, 11) is 3.82. The molecule has 1 heterocycles. The third kappa shape index (κ3) is 3.43. The fourth-order valence-corrected chi connectivity index (χ4v) is 2.87. The van der Waals surface area contributed by atoms with E-state index in [1.54, 1.807) is 18.4 Å². The lowest BCUT2D eigenvalue weighted by Gasteiger charge is -2.23. The summed E-state index contributed by atoms with van der Waals surface area (Å²) < 4.78 is 5.19. The molecule has 0 bridgehead atoms. The topological polar surface area (TPSA) is 37.4 Å². The van der Waals surface area contributed by atoms with Gasteiger partial charge in [0, 0.05) is 31.6 Å². The smallest absolute Gasteiger partial charge is 0.185 e. The van der Waals surface area contributed by atoms with Gasteiger partial charge in [0.1, 0.15) is 0 Å². The van der Waals surface area contributed by atoms with Gasteiger partial charge in [-0.3, -0.25) is 0 Å². The summed E-state index contributed by atoms with van der Waals surface area (Å²) in [6.07, 6.45) is 2.66. The highest BCUT2D eigenvalue weighted by Crippen LogP contribution is 2.27. The largest absolute Gasteiger partial charge is 0.383 e. The Morgan fingerprint density at radius 3 is 2.89 bits per heavy atom. The fourth-order valence-electron chi connectivity index (χ4n) is 1.79. The van der Waals surface area contributed by atoms with E-state index in [9.17, 15) is 0 Å². The first-order chi connectivity index (χ1) is 8.61. The highest BCUT2D eigenvalue weighted by atomic mass is 32.1. The van der Waals surface area contributed by atoms with Gasteiger partial charge in [-0.1, -0.05) is 0 Å². The highest BCUT2D eigenvalue weighted by Gasteiger charge is 2.21. The second-order valence-electron chi connectivity index (χ2n) is 5.08. The molecule has 1 unspecified atom stereocenters. The highest BCUT2D eigenvalue weighted by molar-refractivity contribution is 7.15. The summed E-state index contributed by atoms with van der Waals surface area (Å²) in [6.45, 7) is 5.94. The van der Waals surface area contributed by atoms with Crippen LogP contribution >= 0.6 is 11.3 Å². The monoisotopic (exact) mass is 269 g/mol. The Kier molecular flexibility index (Phi) is 4.59. The van der Waals surface area contributed by atoms with Gasteiger partial charge in [-0.15, -0.1) is 11.3 Å². The average molecular weight is 269 g/mol. The van der Waals surface area contributed by atoms with Gasteiger partial charge in [-0.25, -0.2) is 4.98 Å². The van der Waals surface area contributed by atoms with Crippen LogP contribution in [-0.2, 0) is 11.3 Å². The molecule has 1 aliphatic carbocycles. The molecule has 18 heavy (non-hydrogen) atoms. The van der Waals surface area contributed by atoms with Crippen molar-refractivity contribution in [2.75, 3.05) is 25.7 Å². The van der Waals surface area contributed by atoms with Gasteiger partial charge in [-0.2, -0.15) is 0 Å². The zero-order chi connectivity index (χ0) is 13.1. The molecule has 2 rings (SSSR count). The Morgan fingerprint density at radius 1 is 1.56 bits per heavy atom. The van der Waals surface area contributed by atoms with Crippen LogP contribution < -0.4 is 10.2 Å². The van der Waals surface area contributed by atoms with Crippen molar-refractivity contribution in [1.82, 2.24) is 10.3 Å². The fraction of sp³-hybridized carbons (Fsp3) is 0.769. The molecule has 0 aliphatic heterocycles. The molecule has 0 saturated heterocycles. The number of anilines is 1. The third-order valence-electron chi connectivity index (χ3n) is 3.38. The molecule has 1 saturated carbocycles. The number of nitrogens with one attached hydrogen (secondary N) is 1. The Bertz CT molecular complexity index is 390. The number of hydrogen-bond donors (Lipinski definition) is 1. The summed E-state index contributed by atoms with van der Waals surface area (Å²) >= 11 is 1.79. The van der Waals surface area contributed by atoms with Crippen LogP contribution in [0.15, 0.2) is 0 Å². The summed E-state index contributed by atoms with van der Waals surface area (Å²) in [5, 5.41) is 4.64. The molecular formula is C13H23N3OS. The maximum atomic E-state index is 5.19. The molecule has 1 aromatic heterocycles. The molecule has 1 fully saturated rings. The molecule has 0 radical (unpaired) electrons. The summed E-state index contributed by atoms with van der Waals surface area (Å²) in [5.74, 6) is 0. The first kappa shape index (κ1) is 13.8. The number of thiazole rings is 1. The van der Waals surface area contributed by atoms with E-state index in [1.807, 2.05) is 0 Å². The first-order valence-electron chi connectivity index (χ1n) is 6.53. The number of aromatic nitrogens is 1. The number of rotatable bonds is 7. The van der Waals surface area contributed by atoms with Crippen LogP contribution in [0.2, 0.25) is 0 Å². The minimum Gasteiger partial charge on any atom is -0.383 e. The average Bonchev–Trinajstić information content (AvgIpc) is 3.10. The molecule has 102 valence electrons. The van der Waals surface area contributed by atoms with E-state index in [-0.39, 0.29) is 0 Å². The first-order valence-corrected chi connectivity index (χ1v) is 7.35. The van der Waals surface area contributed by atoms with Gasteiger partial charge in [-0.05, 0) is 26.7 Å². The van der Waals surface area contributed by atoms with E-state index in [0.29, 0.717) is 6.04 Å². The second-order valence-corrected chi connectivity index (χ2v) is 6.14. The predicted octanol–water partition coefficient (Wildman–Crippen LogP) is 2.17. The molecule has 5 heteroatoms. The van der Waals surface area contributed by atoms with Crippen LogP contribution in [0.25, 0.3) is 0 Å². The molecule has 0 spiro atoms. The van der Waals surface area contributed by atoms with Crippen LogP contribution in [0.5, 0.6) is 0 Å². The molecule has 0 amide bonds. The summed E-state index contributed by atoms with van der Waals surface area (Å²) in [4.78, 5) is 8.21. The lowest BCUT2D eigenvalue weighted by molar-refractivity contribution is 0.183.